The second kappa shape index (κ2) is 6.19. The van der Waals surface area contributed by atoms with Crippen LogP contribution < -0.4 is 5.73 Å². The van der Waals surface area contributed by atoms with Gasteiger partial charge in [0.1, 0.15) is 0 Å². The molecule has 1 rings (SSSR count). The molecule has 0 spiro atoms. The number of hydrogen-bond acceptors (Lipinski definition) is 2. The van der Waals surface area contributed by atoms with Crippen molar-refractivity contribution < 1.29 is 0 Å². The van der Waals surface area contributed by atoms with Crippen molar-refractivity contribution in [1.82, 2.24) is 4.90 Å². The third-order valence-electron chi connectivity index (χ3n) is 5.19. The Morgan fingerprint density at radius 3 is 2.24 bits per heavy atom. The summed E-state index contributed by atoms with van der Waals surface area (Å²) in [6, 6.07) is 0.718. The monoisotopic (exact) mass is 240 g/mol. The first-order valence-electron chi connectivity index (χ1n) is 7.42. The van der Waals surface area contributed by atoms with E-state index >= 15 is 0 Å². The molecule has 0 saturated carbocycles. The van der Waals surface area contributed by atoms with Crippen LogP contribution in [-0.4, -0.2) is 30.6 Å². The lowest BCUT2D eigenvalue weighted by Gasteiger charge is -2.46. The normalized spacial score (nSPS) is 31.8. The Bertz CT molecular complexity index is 215. The standard InChI is InChI=1S/C15H32N2/c1-6-15(7-2,10-16)11-17-9-12(3)8-13(4)14(17)5/h12-14H,6-11,16H2,1-5H3. The molecular weight excluding hydrogens is 208 g/mol. The van der Waals surface area contributed by atoms with Gasteiger partial charge in [0.25, 0.3) is 0 Å². The second-order valence-corrected chi connectivity index (χ2v) is 6.40. The predicted molar refractivity (Wildman–Crippen MR) is 76.0 cm³/mol. The Balaban J connectivity index is 2.70. The van der Waals surface area contributed by atoms with Crippen LogP contribution in [0.3, 0.4) is 0 Å². The van der Waals surface area contributed by atoms with Crippen LogP contribution in [0.15, 0.2) is 0 Å². The Labute approximate surface area is 108 Å². The van der Waals surface area contributed by atoms with Gasteiger partial charge in [0, 0.05) is 19.1 Å². The molecule has 1 aliphatic rings. The van der Waals surface area contributed by atoms with Gasteiger partial charge in [0.05, 0.1) is 0 Å². The van der Waals surface area contributed by atoms with Gasteiger partial charge in [-0.3, -0.25) is 4.90 Å². The van der Waals surface area contributed by atoms with E-state index in [4.69, 9.17) is 5.73 Å². The number of hydrogen-bond donors (Lipinski definition) is 1. The van der Waals surface area contributed by atoms with E-state index in [1.165, 1.54) is 32.4 Å². The highest BCUT2D eigenvalue weighted by Gasteiger charge is 2.34. The number of nitrogens with zero attached hydrogens (tertiary/aromatic N) is 1. The summed E-state index contributed by atoms with van der Waals surface area (Å²) >= 11 is 0. The SMILES string of the molecule is CCC(CC)(CN)CN1CC(C)CC(C)C1C. The molecule has 2 nitrogen and oxygen atoms in total. The quantitative estimate of drug-likeness (QED) is 0.800. The molecule has 3 atom stereocenters. The topological polar surface area (TPSA) is 29.3 Å². The van der Waals surface area contributed by atoms with Gasteiger partial charge in [-0.15, -0.1) is 0 Å². The highest BCUT2D eigenvalue weighted by atomic mass is 15.2. The maximum atomic E-state index is 6.03. The van der Waals surface area contributed by atoms with E-state index in [2.05, 4.69) is 39.5 Å². The zero-order chi connectivity index (χ0) is 13.1. The molecule has 3 unspecified atom stereocenters. The average Bonchev–Trinajstić information content (AvgIpc) is 2.32. The fourth-order valence-corrected chi connectivity index (χ4v) is 3.30. The van der Waals surface area contributed by atoms with Crippen LogP contribution in [0.1, 0.15) is 53.9 Å². The van der Waals surface area contributed by atoms with Crippen LogP contribution >= 0.6 is 0 Å². The van der Waals surface area contributed by atoms with Crippen molar-refractivity contribution in [2.45, 2.75) is 59.9 Å². The Hall–Kier alpha value is -0.0800. The summed E-state index contributed by atoms with van der Waals surface area (Å²) in [5, 5.41) is 0. The van der Waals surface area contributed by atoms with Gasteiger partial charge in [-0.25, -0.2) is 0 Å². The van der Waals surface area contributed by atoms with Crippen molar-refractivity contribution in [2.75, 3.05) is 19.6 Å². The van der Waals surface area contributed by atoms with E-state index in [0.29, 0.717) is 5.41 Å². The third kappa shape index (κ3) is 3.45. The fourth-order valence-electron chi connectivity index (χ4n) is 3.30. The van der Waals surface area contributed by atoms with Crippen LogP contribution in [-0.2, 0) is 0 Å². The summed E-state index contributed by atoms with van der Waals surface area (Å²) in [5.74, 6) is 1.66. The van der Waals surface area contributed by atoms with Gasteiger partial charge >= 0.3 is 0 Å². The second-order valence-electron chi connectivity index (χ2n) is 6.40. The van der Waals surface area contributed by atoms with Crippen molar-refractivity contribution in [1.29, 1.82) is 0 Å². The highest BCUT2D eigenvalue weighted by Crippen LogP contribution is 2.32. The number of likely N-dealkylation sites (tertiary alicyclic amines) is 1. The van der Waals surface area contributed by atoms with E-state index in [-0.39, 0.29) is 0 Å². The number of piperidine rings is 1. The summed E-state index contributed by atoms with van der Waals surface area (Å²) in [6.07, 6.45) is 3.78. The minimum absolute atomic E-state index is 0.338. The Kier molecular flexibility index (Phi) is 5.46. The van der Waals surface area contributed by atoms with Gasteiger partial charge < -0.3 is 5.73 Å². The summed E-state index contributed by atoms with van der Waals surface area (Å²) < 4.78 is 0. The Morgan fingerprint density at radius 2 is 1.76 bits per heavy atom. The lowest BCUT2D eigenvalue weighted by Crippen LogP contribution is -2.51. The molecular formula is C15H32N2. The lowest BCUT2D eigenvalue weighted by atomic mass is 9.79. The number of nitrogens with two attached hydrogens (primary N) is 1. The van der Waals surface area contributed by atoms with E-state index in [0.717, 1.165) is 24.4 Å². The van der Waals surface area contributed by atoms with Crippen molar-refractivity contribution in [3.8, 4) is 0 Å². The molecule has 1 aliphatic heterocycles. The summed E-state index contributed by atoms with van der Waals surface area (Å²) in [4.78, 5) is 2.69. The average molecular weight is 240 g/mol. The van der Waals surface area contributed by atoms with E-state index < -0.39 is 0 Å². The molecule has 0 amide bonds. The first-order chi connectivity index (χ1) is 7.98. The molecule has 1 saturated heterocycles. The molecule has 0 aromatic heterocycles. The van der Waals surface area contributed by atoms with Crippen molar-refractivity contribution in [3.05, 3.63) is 0 Å². The zero-order valence-electron chi connectivity index (χ0n) is 12.5. The first-order valence-corrected chi connectivity index (χ1v) is 7.42. The molecule has 17 heavy (non-hydrogen) atoms. The molecule has 1 fully saturated rings. The molecule has 0 aromatic carbocycles. The third-order valence-corrected chi connectivity index (χ3v) is 5.19. The molecule has 2 heteroatoms. The predicted octanol–water partition coefficient (Wildman–Crippen LogP) is 3.12. The van der Waals surface area contributed by atoms with Gasteiger partial charge in [-0.2, -0.15) is 0 Å². The van der Waals surface area contributed by atoms with E-state index in [1.807, 2.05) is 0 Å². The van der Waals surface area contributed by atoms with Gasteiger partial charge in [0.15, 0.2) is 0 Å². The lowest BCUT2D eigenvalue weighted by molar-refractivity contribution is 0.0350. The molecule has 0 radical (unpaired) electrons. The molecule has 0 aliphatic carbocycles. The summed E-state index contributed by atoms with van der Waals surface area (Å²) in [7, 11) is 0. The van der Waals surface area contributed by atoms with Crippen LogP contribution in [0.4, 0.5) is 0 Å². The molecule has 1 heterocycles. The van der Waals surface area contributed by atoms with Gasteiger partial charge in [-0.1, -0.05) is 27.7 Å². The minimum Gasteiger partial charge on any atom is -0.330 e. The molecule has 0 bridgehead atoms. The molecule has 2 N–H and O–H groups in total. The van der Waals surface area contributed by atoms with Crippen LogP contribution in [0.25, 0.3) is 0 Å². The van der Waals surface area contributed by atoms with Crippen LogP contribution in [0, 0.1) is 17.3 Å². The maximum Gasteiger partial charge on any atom is 0.00930 e. The summed E-state index contributed by atoms with van der Waals surface area (Å²) in [5.41, 5.74) is 6.37. The maximum absolute atomic E-state index is 6.03. The van der Waals surface area contributed by atoms with E-state index in [1.54, 1.807) is 0 Å². The smallest absolute Gasteiger partial charge is 0.00930 e. The van der Waals surface area contributed by atoms with Crippen molar-refractivity contribution >= 4 is 0 Å². The highest BCUT2D eigenvalue weighted by molar-refractivity contribution is 4.88. The van der Waals surface area contributed by atoms with E-state index in [9.17, 15) is 0 Å². The summed E-state index contributed by atoms with van der Waals surface area (Å²) in [6.45, 7) is 15.0. The van der Waals surface area contributed by atoms with Crippen LogP contribution in [0.5, 0.6) is 0 Å². The van der Waals surface area contributed by atoms with Crippen LogP contribution in [0.2, 0.25) is 0 Å². The van der Waals surface area contributed by atoms with Crippen molar-refractivity contribution in [3.63, 3.8) is 0 Å². The molecule has 0 aromatic rings. The first kappa shape index (κ1) is 15.0. The van der Waals surface area contributed by atoms with Gasteiger partial charge in [-0.05, 0) is 50.0 Å². The van der Waals surface area contributed by atoms with Gasteiger partial charge in [0.2, 0.25) is 0 Å². The minimum atomic E-state index is 0.338. The zero-order valence-corrected chi connectivity index (χ0v) is 12.5. The number of rotatable bonds is 5. The molecule has 102 valence electrons. The fraction of sp³-hybridized carbons (Fsp3) is 1.00. The largest absolute Gasteiger partial charge is 0.330 e. The van der Waals surface area contributed by atoms with Crippen molar-refractivity contribution in [2.24, 2.45) is 23.0 Å². The Morgan fingerprint density at radius 1 is 1.18 bits per heavy atom.